The Kier molecular flexibility index (Phi) is 10.5. The Morgan fingerprint density at radius 3 is 1.76 bits per heavy atom. The summed E-state index contributed by atoms with van der Waals surface area (Å²) in [5.74, 6) is -6.71. The molecule has 1 rings (SSSR count). The van der Waals surface area contributed by atoms with E-state index in [0.29, 0.717) is 5.56 Å². The molecule has 0 saturated carbocycles. The van der Waals surface area contributed by atoms with E-state index in [4.69, 9.17) is 16.6 Å². The molecule has 4 atom stereocenters. The molecule has 4 amide bonds. The zero-order valence-electron chi connectivity index (χ0n) is 17.8. The van der Waals surface area contributed by atoms with Gasteiger partial charge in [-0.25, -0.2) is 4.79 Å². The van der Waals surface area contributed by atoms with E-state index in [0.717, 1.165) is 0 Å². The molecule has 13 nitrogen and oxygen atoms in total. The van der Waals surface area contributed by atoms with Crippen LogP contribution in [0.3, 0.4) is 0 Å². The summed E-state index contributed by atoms with van der Waals surface area (Å²) >= 11 is 0. The fourth-order valence-electron chi connectivity index (χ4n) is 2.69. The van der Waals surface area contributed by atoms with Gasteiger partial charge in [-0.2, -0.15) is 0 Å². The molecular weight excluding hydrogens is 438 g/mol. The van der Waals surface area contributed by atoms with E-state index in [1.165, 1.54) is 6.92 Å². The Morgan fingerprint density at radius 1 is 0.818 bits per heavy atom. The van der Waals surface area contributed by atoms with Crippen molar-refractivity contribution in [1.29, 1.82) is 0 Å². The lowest BCUT2D eigenvalue weighted by Crippen LogP contribution is -2.58. The number of rotatable bonds is 13. The maximum atomic E-state index is 12.7. The fraction of sp³-hybridized carbons (Fsp3) is 0.400. The summed E-state index contributed by atoms with van der Waals surface area (Å²) in [5, 5.41) is 25.0. The predicted octanol–water partition coefficient (Wildman–Crippen LogP) is -2.53. The topological polar surface area (TPSA) is 231 Å². The zero-order valence-corrected chi connectivity index (χ0v) is 17.8. The summed E-state index contributed by atoms with van der Waals surface area (Å²) in [6, 6.07) is 2.75. The van der Waals surface area contributed by atoms with Crippen molar-refractivity contribution in [3.8, 4) is 0 Å². The molecule has 1 aromatic carbocycles. The maximum absolute atomic E-state index is 12.7. The van der Waals surface area contributed by atoms with Crippen LogP contribution in [0, 0.1) is 0 Å². The van der Waals surface area contributed by atoms with Crippen molar-refractivity contribution in [2.75, 3.05) is 0 Å². The summed E-state index contributed by atoms with van der Waals surface area (Å²) in [5.41, 5.74) is 11.1. The molecule has 0 aliphatic carbocycles. The van der Waals surface area contributed by atoms with Crippen molar-refractivity contribution in [2.24, 2.45) is 11.5 Å². The van der Waals surface area contributed by atoms with Gasteiger partial charge < -0.3 is 37.6 Å². The summed E-state index contributed by atoms with van der Waals surface area (Å²) in [6.45, 7) is 1.31. The van der Waals surface area contributed by atoms with E-state index in [1.807, 2.05) is 0 Å². The lowest BCUT2D eigenvalue weighted by Gasteiger charge is -2.23. The van der Waals surface area contributed by atoms with Crippen LogP contribution in [0.15, 0.2) is 30.3 Å². The van der Waals surface area contributed by atoms with Crippen molar-refractivity contribution >= 4 is 35.6 Å². The first-order valence-corrected chi connectivity index (χ1v) is 9.84. The van der Waals surface area contributed by atoms with Crippen LogP contribution < -0.4 is 27.4 Å². The van der Waals surface area contributed by atoms with Crippen molar-refractivity contribution in [1.82, 2.24) is 16.0 Å². The first-order valence-electron chi connectivity index (χ1n) is 9.84. The fourth-order valence-corrected chi connectivity index (χ4v) is 2.69. The second-order valence-corrected chi connectivity index (χ2v) is 7.27. The number of carbonyl (C=O) groups is 6. The van der Waals surface area contributed by atoms with Crippen molar-refractivity contribution in [3.63, 3.8) is 0 Å². The van der Waals surface area contributed by atoms with Crippen molar-refractivity contribution in [3.05, 3.63) is 35.9 Å². The van der Waals surface area contributed by atoms with Crippen LogP contribution in [0.5, 0.6) is 0 Å². The largest absolute Gasteiger partial charge is 0.481 e. The Balaban J connectivity index is 3.00. The third-order valence-electron chi connectivity index (χ3n) is 4.36. The predicted molar refractivity (Wildman–Crippen MR) is 113 cm³/mol. The van der Waals surface area contributed by atoms with Gasteiger partial charge >= 0.3 is 11.9 Å². The van der Waals surface area contributed by atoms with Gasteiger partial charge in [-0.05, 0) is 12.5 Å². The third kappa shape index (κ3) is 9.78. The zero-order chi connectivity index (χ0) is 25.1. The number of carboxylic acids is 2. The summed E-state index contributed by atoms with van der Waals surface area (Å²) < 4.78 is 0. The normalized spacial score (nSPS) is 14.1. The number of nitrogens with two attached hydrogens (primary N) is 2. The Hall–Kier alpha value is -4.00. The second kappa shape index (κ2) is 12.8. The monoisotopic (exact) mass is 465 g/mol. The number of aliphatic carboxylic acids is 2. The Labute approximate surface area is 188 Å². The molecule has 0 heterocycles. The molecule has 33 heavy (non-hydrogen) atoms. The van der Waals surface area contributed by atoms with E-state index >= 15 is 0 Å². The number of primary amides is 1. The van der Waals surface area contributed by atoms with Gasteiger partial charge in [-0.15, -0.1) is 0 Å². The maximum Gasteiger partial charge on any atom is 0.326 e. The van der Waals surface area contributed by atoms with Gasteiger partial charge in [0.15, 0.2) is 0 Å². The van der Waals surface area contributed by atoms with Crippen LogP contribution in [0.2, 0.25) is 0 Å². The standard InChI is InChI=1S/C20H27N5O8/c1-10(21)17(29)23-13(9-16(27)28)19(31)24-12(8-15(22)26)18(30)25-14(20(32)33)7-11-5-3-2-4-6-11/h2-6,10,12-14H,7-9,21H2,1H3,(H2,22,26)(H,23,29)(H,24,31)(H,25,30)(H,27,28)(H,32,33). The summed E-state index contributed by atoms with van der Waals surface area (Å²) in [7, 11) is 0. The van der Waals surface area contributed by atoms with Crippen LogP contribution in [0.4, 0.5) is 0 Å². The van der Waals surface area contributed by atoms with Gasteiger partial charge in [0.2, 0.25) is 23.6 Å². The van der Waals surface area contributed by atoms with E-state index in [-0.39, 0.29) is 6.42 Å². The molecule has 4 unspecified atom stereocenters. The highest BCUT2D eigenvalue weighted by atomic mass is 16.4. The Morgan fingerprint density at radius 2 is 1.30 bits per heavy atom. The molecule has 180 valence electrons. The van der Waals surface area contributed by atoms with Gasteiger partial charge in [0.25, 0.3) is 0 Å². The molecule has 9 N–H and O–H groups in total. The lowest BCUT2D eigenvalue weighted by atomic mass is 10.0. The van der Waals surface area contributed by atoms with E-state index in [2.05, 4.69) is 16.0 Å². The molecule has 0 saturated heterocycles. The van der Waals surface area contributed by atoms with Crippen molar-refractivity contribution in [2.45, 2.75) is 50.4 Å². The molecule has 1 aromatic rings. The van der Waals surface area contributed by atoms with E-state index < -0.39 is 72.6 Å². The molecule has 13 heteroatoms. The molecule has 0 spiro atoms. The number of carbonyl (C=O) groups excluding carboxylic acids is 4. The lowest BCUT2D eigenvalue weighted by molar-refractivity contribution is -0.143. The van der Waals surface area contributed by atoms with Crippen molar-refractivity contribution < 1.29 is 39.0 Å². The van der Waals surface area contributed by atoms with Crippen LogP contribution in [0.1, 0.15) is 25.3 Å². The quantitative estimate of drug-likeness (QED) is 0.162. The minimum absolute atomic E-state index is 0.0781. The van der Waals surface area contributed by atoms with Crippen LogP contribution in [-0.2, 0) is 35.2 Å². The molecule has 0 aromatic heterocycles. The van der Waals surface area contributed by atoms with Gasteiger partial charge in [0, 0.05) is 6.42 Å². The summed E-state index contributed by atoms with van der Waals surface area (Å²) in [4.78, 5) is 71.1. The van der Waals surface area contributed by atoms with Crippen LogP contribution in [-0.4, -0.2) is 69.9 Å². The van der Waals surface area contributed by atoms with Crippen LogP contribution in [0.25, 0.3) is 0 Å². The number of carboxylic acid groups (broad SMARTS) is 2. The van der Waals surface area contributed by atoms with Gasteiger partial charge in [-0.1, -0.05) is 30.3 Å². The molecule has 0 radical (unpaired) electrons. The molecule has 0 bridgehead atoms. The smallest absolute Gasteiger partial charge is 0.326 e. The van der Waals surface area contributed by atoms with Gasteiger partial charge in [-0.3, -0.25) is 24.0 Å². The molecule has 0 fully saturated rings. The SMILES string of the molecule is CC(N)C(=O)NC(CC(=O)O)C(=O)NC(CC(N)=O)C(=O)NC(Cc1ccccc1)C(=O)O. The molecular formula is C20H27N5O8. The highest BCUT2D eigenvalue weighted by molar-refractivity contribution is 5.97. The first kappa shape index (κ1) is 27.0. The van der Waals surface area contributed by atoms with E-state index in [9.17, 15) is 33.9 Å². The average molecular weight is 465 g/mol. The molecule has 0 aliphatic heterocycles. The number of hydrogen-bond donors (Lipinski definition) is 7. The van der Waals surface area contributed by atoms with E-state index in [1.54, 1.807) is 30.3 Å². The number of hydrogen-bond acceptors (Lipinski definition) is 7. The van der Waals surface area contributed by atoms with Gasteiger partial charge in [0.05, 0.1) is 18.9 Å². The Bertz CT molecular complexity index is 890. The number of benzene rings is 1. The van der Waals surface area contributed by atoms with Gasteiger partial charge in [0.1, 0.15) is 18.1 Å². The highest BCUT2D eigenvalue weighted by Gasteiger charge is 2.32. The molecule has 0 aliphatic rings. The third-order valence-corrected chi connectivity index (χ3v) is 4.36. The minimum atomic E-state index is -1.61. The first-order chi connectivity index (χ1) is 15.4. The number of nitrogens with one attached hydrogen (secondary N) is 3. The highest BCUT2D eigenvalue weighted by Crippen LogP contribution is 2.05. The van der Waals surface area contributed by atoms with Crippen LogP contribution >= 0.6 is 0 Å². The average Bonchev–Trinajstić information content (AvgIpc) is 2.72. The second-order valence-electron chi connectivity index (χ2n) is 7.27. The summed E-state index contributed by atoms with van der Waals surface area (Å²) in [6.07, 6.45) is -1.61. The number of amides is 4. The minimum Gasteiger partial charge on any atom is -0.481 e.